The topological polar surface area (TPSA) is 0 Å². The van der Waals surface area contributed by atoms with Gasteiger partial charge in [-0.25, -0.2) is 0 Å². The Bertz CT molecular complexity index is 73.4. The molecule has 0 aliphatic carbocycles. The van der Waals surface area contributed by atoms with Crippen LogP contribution in [0, 0.1) is 0 Å². The van der Waals surface area contributed by atoms with Gasteiger partial charge < -0.3 is 0 Å². The van der Waals surface area contributed by atoms with Gasteiger partial charge in [-0.1, -0.05) is 79.6 Å². The van der Waals surface area contributed by atoms with E-state index in [-0.39, 0.29) is 0 Å². The molecule has 2 atom stereocenters. The molecule has 5 heteroatoms. The lowest BCUT2D eigenvalue weighted by Crippen LogP contribution is -2.20. The van der Waals surface area contributed by atoms with E-state index in [4.69, 9.17) is 0 Å². The maximum atomic E-state index is 3.50. The smallest absolute Gasteiger partial charge is 0.0833 e. The van der Waals surface area contributed by atoms with Crippen LogP contribution in [0.2, 0.25) is 0 Å². The third-order valence-corrected chi connectivity index (χ3v) is 7.63. The molecule has 0 spiro atoms. The summed E-state index contributed by atoms with van der Waals surface area (Å²) in [5.74, 6) is 0. The Morgan fingerprint density at radius 3 is 1.56 bits per heavy atom. The lowest BCUT2D eigenvalue weighted by atomic mass is 10.4. The summed E-state index contributed by atoms with van der Waals surface area (Å²) in [4.78, 5) is 0.845. The Labute approximate surface area is 97.2 Å². The highest BCUT2D eigenvalue weighted by Gasteiger charge is 2.19. The summed E-state index contributed by atoms with van der Waals surface area (Å²) in [7, 11) is 0. The van der Waals surface area contributed by atoms with Crippen LogP contribution in [0.1, 0.15) is 0 Å². The van der Waals surface area contributed by atoms with Crippen molar-refractivity contribution in [3.63, 3.8) is 0 Å². The second kappa shape index (κ2) is 5.98. The van der Waals surface area contributed by atoms with E-state index in [1.165, 1.54) is 0 Å². The standard InChI is InChI=1S/C4H5Br5/c5-1-2(6)3(7)4(8)9/h2-4H,1H2. The van der Waals surface area contributed by atoms with Gasteiger partial charge in [-0.05, 0) is 0 Å². The molecule has 0 aliphatic heterocycles. The van der Waals surface area contributed by atoms with Gasteiger partial charge >= 0.3 is 0 Å². The Morgan fingerprint density at radius 2 is 1.44 bits per heavy atom. The zero-order chi connectivity index (χ0) is 7.44. The summed E-state index contributed by atoms with van der Waals surface area (Å²) < 4.78 is 0.312. The summed E-state index contributed by atoms with van der Waals surface area (Å²) in [5.41, 5.74) is 0. The van der Waals surface area contributed by atoms with Gasteiger partial charge in [0.05, 0.1) is 8.56 Å². The van der Waals surface area contributed by atoms with E-state index in [2.05, 4.69) is 79.6 Å². The fourth-order valence-corrected chi connectivity index (χ4v) is 3.20. The molecule has 0 rings (SSSR count). The summed E-state index contributed by atoms with van der Waals surface area (Å²) in [5, 5.41) is 0.941. The molecule has 0 aromatic carbocycles. The first-order chi connectivity index (χ1) is 4.09. The van der Waals surface area contributed by atoms with E-state index in [9.17, 15) is 0 Å². The van der Waals surface area contributed by atoms with Crippen molar-refractivity contribution >= 4 is 79.6 Å². The minimum Gasteiger partial charge on any atom is -0.0916 e. The molecule has 0 saturated heterocycles. The van der Waals surface area contributed by atoms with E-state index >= 15 is 0 Å². The highest BCUT2D eigenvalue weighted by molar-refractivity contribution is 9.25. The Balaban J connectivity index is 3.58. The van der Waals surface area contributed by atoms with Gasteiger partial charge in [-0.3, -0.25) is 0 Å². The fourth-order valence-electron chi connectivity index (χ4n) is 0.243. The number of halogens is 5. The largest absolute Gasteiger partial charge is 0.0916 e. The Hall–Kier alpha value is 2.40. The van der Waals surface area contributed by atoms with Gasteiger partial charge in [0.15, 0.2) is 0 Å². The average molecular weight is 453 g/mol. The normalized spacial score (nSPS) is 18.0. The van der Waals surface area contributed by atoms with Crippen LogP contribution in [0.3, 0.4) is 0 Å². The lowest BCUT2D eigenvalue weighted by Gasteiger charge is -2.14. The number of rotatable bonds is 3. The first-order valence-corrected chi connectivity index (χ1v) is 7.00. The molecule has 0 nitrogen and oxygen atoms in total. The van der Waals surface area contributed by atoms with E-state index in [1.54, 1.807) is 0 Å². The summed E-state index contributed by atoms with van der Waals surface area (Å²) in [6.07, 6.45) is 0. The summed E-state index contributed by atoms with van der Waals surface area (Å²) in [6.45, 7) is 0. The van der Waals surface area contributed by atoms with Crippen LogP contribution in [0.4, 0.5) is 0 Å². The first-order valence-electron chi connectivity index (χ1n) is 2.22. The highest BCUT2D eigenvalue weighted by Crippen LogP contribution is 2.27. The van der Waals surface area contributed by atoms with Gasteiger partial charge in [0.25, 0.3) is 0 Å². The van der Waals surface area contributed by atoms with Crippen LogP contribution < -0.4 is 0 Å². The quantitative estimate of drug-likeness (QED) is 0.568. The van der Waals surface area contributed by atoms with Crippen LogP contribution >= 0.6 is 79.6 Å². The molecule has 56 valence electrons. The number of alkyl halides is 5. The van der Waals surface area contributed by atoms with Crippen molar-refractivity contribution < 1.29 is 0 Å². The van der Waals surface area contributed by atoms with Crippen molar-refractivity contribution in [1.82, 2.24) is 0 Å². The fraction of sp³-hybridized carbons (Fsp3) is 1.00. The second-order valence-corrected chi connectivity index (χ2v) is 7.53. The summed E-state index contributed by atoms with van der Waals surface area (Å²) >= 11 is 17.2. The lowest BCUT2D eigenvalue weighted by molar-refractivity contribution is 0.972. The van der Waals surface area contributed by atoms with Crippen LogP contribution in [0.25, 0.3) is 0 Å². The maximum absolute atomic E-state index is 3.50. The summed E-state index contributed by atoms with van der Waals surface area (Å²) in [6, 6.07) is 0. The molecule has 9 heavy (non-hydrogen) atoms. The van der Waals surface area contributed by atoms with Crippen molar-refractivity contribution in [3.8, 4) is 0 Å². The maximum Gasteiger partial charge on any atom is 0.0833 e. The third-order valence-electron chi connectivity index (χ3n) is 0.734. The molecule has 0 aromatic rings. The molecule has 0 aromatic heterocycles. The average Bonchev–Trinajstić information content (AvgIpc) is 1.84. The van der Waals surface area contributed by atoms with Gasteiger partial charge in [-0.15, -0.1) is 0 Å². The molecular formula is C4H5Br5. The molecule has 0 amide bonds. The van der Waals surface area contributed by atoms with Crippen LogP contribution in [0.15, 0.2) is 0 Å². The van der Waals surface area contributed by atoms with Crippen molar-refractivity contribution in [3.05, 3.63) is 0 Å². The van der Waals surface area contributed by atoms with E-state index in [0.717, 1.165) is 5.33 Å². The van der Waals surface area contributed by atoms with Crippen LogP contribution in [0.5, 0.6) is 0 Å². The molecular weight excluding hydrogens is 448 g/mol. The monoisotopic (exact) mass is 448 g/mol. The molecule has 0 saturated carbocycles. The number of hydrogen-bond donors (Lipinski definition) is 0. The van der Waals surface area contributed by atoms with E-state index < -0.39 is 0 Å². The second-order valence-electron chi connectivity index (χ2n) is 1.45. The highest BCUT2D eigenvalue weighted by atomic mass is 79.9. The minimum absolute atomic E-state index is 0.312. The SMILES string of the molecule is BrCC(Br)C(Br)C(Br)Br. The van der Waals surface area contributed by atoms with Crippen LogP contribution in [-0.2, 0) is 0 Å². The molecule has 2 unspecified atom stereocenters. The van der Waals surface area contributed by atoms with Crippen molar-refractivity contribution in [2.24, 2.45) is 0 Å². The van der Waals surface area contributed by atoms with Crippen molar-refractivity contribution in [2.45, 2.75) is 13.4 Å². The zero-order valence-corrected chi connectivity index (χ0v) is 12.3. The first kappa shape index (κ1) is 11.4. The predicted molar refractivity (Wildman–Crippen MR) is 60.9 cm³/mol. The van der Waals surface area contributed by atoms with Gasteiger partial charge in [-0.2, -0.15) is 0 Å². The van der Waals surface area contributed by atoms with E-state index in [0.29, 0.717) is 13.4 Å². The van der Waals surface area contributed by atoms with E-state index in [1.807, 2.05) is 0 Å². The van der Waals surface area contributed by atoms with Crippen LogP contribution in [-0.4, -0.2) is 18.7 Å². The minimum atomic E-state index is 0.312. The van der Waals surface area contributed by atoms with Crippen molar-refractivity contribution in [2.75, 3.05) is 5.33 Å². The molecule has 0 radical (unpaired) electrons. The Morgan fingerprint density at radius 1 is 1.00 bits per heavy atom. The molecule has 0 heterocycles. The van der Waals surface area contributed by atoms with Gasteiger partial charge in [0.1, 0.15) is 0 Å². The molecule has 0 N–H and O–H groups in total. The predicted octanol–water partition coefficient (Wildman–Crippen LogP) is 4.02. The van der Waals surface area contributed by atoms with Gasteiger partial charge in [0.2, 0.25) is 0 Å². The van der Waals surface area contributed by atoms with Gasteiger partial charge in [0, 0.05) is 10.2 Å². The third kappa shape index (κ3) is 4.77. The Kier molecular flexibility index (Phi) is 7.57. The molecule has 0 bridgehead atoms. The zero-order valence-electron chi connectivity index (χ0n) is 4.33. The number of hydrogen-bond acceptors (Lipinski definition) is 0. The molecule has 0 aliphatic rings. The molecule has 0 fully saturated rings. The van der Waals surface area contributed by atoms with Crippen molar-refractivity contribution in [1.29, 1.82) is 0 Å².